The SMILES string of the molecule is CCOc1ccc(S(=O)(=O)N(CC)CC(=O)NC(C)c2ccc(Br)cc2)cc1C. The van der Waals surface area contributed by atoms with E-state index in [4.69, 9.17) is 4.74 Å². The molecule has 2 rings (SSSR count). The van der Waals surface area contributed by atoms with E-state index >= 15 is 0 Å². The third kappa shape index (κ3) is 6.04. The van der Waals surface area contributed by atoms with E-state index in [1.165, 1.54) is 10.4 Å². The molecule has 1 atom stereocenters. The molecule has 0 aliphatic rings. The topological polar surface area (TPSA) is 75.7 Å². The third-order valence-electron chi connectivity index (χ3n) is 4.50. The first-order chi connectivity index (χ1) is 13.7. The smallest absolute Gasteiger partial charge is 0.243 e. The first-order valence-electron chi connectivity index (χ1n) is 9.47. The number of benzene rings is 2. The number of hydrogen-bond donors (Lipinski definition) is 1. The molecule has 0 aliphatic carbocycles. The van der Waals surface area contributed by atoms with Crippen LogP contribution in [0.4, 0.5) is 0 Å². The van der Waals surface area contributed by atoms with E-state index in [2.05, 4.69) is 21.2 Å². The van der Waals surface area contributed by atoms with Crippen molar-refractivity contribution in [3.63, 3.8) is 0 Å². The first kappa shape index (κ1) is 23.4. The number of hydrogen-bond acceptors (Lipinski definition) is 4. The number of amides is 1. The van der Waals surface area contributed by atoms with Crippen molar-refractivity contribution >= 4 is 31.9 Å². The second-order valence-electron chi connectivity index (χ2n) is 6.63. The van der Waals surface area contributed by atoms with Crippen molar-refractivity contribution in [2.45, 2.75) is 38.6 Å². The van der Waals surface area contributed by atoms with Crippen LogP contribution < -0.4 is 10.1 Å². The van der Waals surface area contributed by atoms with E-state index in [1.54, 1.807) is 26.0 Å². The Morgan fingerprint density at radius 3 is 2.38 bits per heavy atom. The first-order valence-corrected chi connectivity index (χ1v) is 11.7. The van der Waals surface area contributed by atoms with Crippen molar-refractivity contribution in [2.24, 2.45) is 0 Å². The predicted molar refractivity (Wildman–Crippen MR) is 117 cm³/mol. The van der Waals surface area contributed by atoms with Crippen LogP contribution in [-0.4, -0.2) is 38.3 Å². The molecule has 8 heteroatoms. The number of aryl methyl sites for hydroxylation is 1. The fraction of sp³-hybridized carbons (Fsp3) is 0.381. The number of carbonyl (C=O) groups is 1. The summed E-state index contributed by atoms with van der Waals surface area (Å²) in [6.45, 7) is 7.70. The summed E-state index contributed by atoms with van der Waals surface area (Å²) >= 11 is 3.38. The number of sulfonamides is 1. The molecule has 6 nitrogen and oxygen atoms in total. The monoisotopic (exact) mass is 482 g/mol. The average molecular weight is 483 g/mol. The van der Waals surface area contributed by atoms with Gasteiger partial charge in [-0.15, -0.1) is 0 Å². The van der Waals surface area contributed by atoms with Crippen LogP contribution in [0.1, 0.15) is 37.9 Å². The molecule has 1 unspecified atom stereocenters. The van der Waals surface area contributed by atoms with Crippen molar-refractivity contribution in [1.82, 2.24) is 9.62 Å². The highest BCUT2D eigenvalue weighted by molar-refractivity contribution is 9.10. The maximum absolute atomic E-state index is 13.0. The molecule has 2 aromatic rings. The lowest BCUT2D eigenvalue weighted by molar-refractivity contribution is -0.121. The molecule has 0 radical (unpaired) electrons. The molecule has 158 valence electrons. The summed E-state index contributed by atoms with van der Waals surface area (Å²) < 4.78 is 33.6. The van der Waals surface area contributed by atoms with Crippen LogP contribution >= 0.6 is 15.9 Å². The Kier molecular flexibility index (Phi) is 8.24. The molecule has 0 saturated carbocycles. The summed E-state index contributed by atoms with van der Waals surface area (Å²) in [4.78, 5) is 12.6. The quantitative estimate of drug-likeness (QED) is 0.584. The summed E-state index contributed by atoms with van der Waals surface area (Å²) in [6.07, 6.45) is 0. The van der Waals surface area contributed by atoms with Gasteiger partial charge in [0.15, 0.2) is 0 Å². The molecular weight excluding hydrogens is 456 g/mol. The minimum Gasteiger partial charge on any atom is -0.494 e. The van der Waals surface area contributed by atoms with Crippen LogP contribution in [0.15, 0.2) is 51.8 Å². The highest BCUT2D eigenvalue weighted by atomic mass is 79.9. The maximum Gasteiger partial charge on any atom is 0.243 e. The van der Waals surface area contributed by atoms with Gasteiger partial charge in [0.25, 0.3) is 0 Å². The standard InChI is InChI=1S/C21H27BrN2O4S/c1-5-24(14-21(25)23-16(4)17-7-9-18(22)10-8-17)29(26,27)19-11-12-20(28-6-2)15(3)13-19/h7-13,16H,5-6,14H2,1-4H3,(H,23,25). The maximum atomic E-state index is 13.0. The van der Waals surface area contributed by atoms with Gasteiger partial charge in [-0.3, -0.25) is 4.79 Å². The minimum atomic E-state index is -3.80. The van der Waals surface area contributed by atoms with Gasteiger partial charge < -0.3 is 10.1 Å². The highest BCUT2D eigenvalue weighted by Crippen LogP contribution is 2.24. The van der Waals surface area contributed by atoms with Gasteiger partial charge in [-0.1, -0.05) is 35.0 Å². The summed E-state index contributed by atoms with van der Waals surface area (Å²) in [5.41, 5.74) is 1.67. The van der Waals surface area contributed by atoms with Crippen LogP contribution in [0.2, 0.25) is 0 Å². The van der Waals surface area contributed by atoms with Crippen LogP contribution in [0.25, 0.3) is 0 Å². The Balaban J connectivity index is 2.12. The average Bonchev–Trinajstić information content (AvgIpc) is 2.68. The Bertz CT molecular complexity index is 946. The van der Waals surface area contributed by atoms with Gasteiger partial charge in [-0.2, -0.15) is 4.31 Å². The number of likely N-dealkylation sites (N-methyl/N-ethyl adjacent to an activating group) is 1. The molecular formula is C21H27BrN2O4S. The number of carbonyl (C=O) groups excluding carboxylic acids is 1. The van der Waals surface area contributed by atoms with Crippen LogP contribution in [0.3, 0.4) is 0 Å². The summed E-state index contributed by atoms with van der Waals surface area (Å²) in [5, 5.41) is 2.86. The van der Waals surface area contributed by atoms with E-state index < -0.39 is 10.0 Å². The molecule has 0 saturated heterocycles. The van der Waals surface area contributed by atoms with Crippen molar-refractivity contribution < 1.29 is 17.9 Å². The molecule has 0 spiro atoms. The zero-order valence-electron chi connectivity index (χ0n) is 17.1. The molecule has 1 amide bonds. The lowest BCUT2D eigenvalue weighted by Crippen LogP contribution is -2.41. The Labute approximate surface area is 181 Å². The number of ether oxygens (including phenoxy) is 1. The summed E-state index contributed by atoms with van der Waals surface area (Å²) in [5.74, 6) is 0.295. The zero-order chi connectivity index (χ0) is 21.6. The zero-order valence-corrected chi connectivity index (χ0v) is 19.5. The van der Waals surface area contributed by atoms with Crippen LogP contribution in [0, 0.1) is 6.92 Å². The van der Waals surface area contributed by atoms with Crippen LogP contribution in [-0.2, 0) is 14.8 Å². The Hall–Kier alpha value is -1.90. The molecule has 29 heavy (non-hydrogen) atoms. The van der Waals surface area contributed by atoms with E-state index in [-0.39, 0.29) is 29.9 Å². The van der Waals surface area contributed by atoms with E-state index in [9.17, 15) is 13.2 Å². The molecule has 0 aromatic heterocycles. The Morgan fingerprint density at radius 2 is 1.83 bits per heavy atom. The summed E-state index contributed by atoms with van der Waals surface area (Å²) in [7, 11) is -3.80. The number of halogens is 1. The fourth-order valence-corrected chi connectivity index (χ4v) is 4.65. The highest BCUT2D eigenvalue weighted by Gasteiger charge is 2.26. The van der Waals surface area contributed by atoms with E-state index in [1.807, 2.05) is 38.1 Å². The van der Waals surface area contributed by atoms with Crippen molar-refractivity contribution in [1.29, 1.82) is 0 Å². The normalized spacial score (nSPS) is 12.6. The summed E-state index contributed by atoms with van der Waals surface area (Å²) in [6, 6.07) is 12.1. The van der Waals surface area contributed by atoms with Gasteiger partial charge in [-0.25, -0.2) is 8.42 Å². The van der Waals surface area contributed by atoms with Gasteiger partial charge in [-0.05, 0) is 62.2 Å². The second kappa shape index (κ2) is 10.2. The van der Waals surface area contributed by atoms with Gasteiger partial charge in [0.2, 0.25) is 15.9 Å². The van der Waals surface area contributed by atoms with Crippen molar-refractivity contribution in [3.05, 3.63) is 58.1 Å². The van der Waals surface area contributed by atoms with Gasteiger partial charge in [0.1, 0.15) is 5.75 Å². The number of rotatable bonds is 9. The lowest BCUT2D eigenvalue weighted by Gasteiger charge is -2.22. The van der Waals surface area contributed by atoms with Gasteiger partial charge in [0.05, 0.1) is 24.1 Å². The van der Waals surface area contributed by atoms with E-state index in [0.29, 0.717) is 12.4 Å². The van der Waals surface area contributed by atoms with Crippen LogP contribution in [0.5, 0.6) is 5.75 Å². The van der Waals surface area contributed by atoms with Gasteiger partial charge >= 0.3 is 0 Å². The molecule has 2 aromatic carbocycles. The number of nitrogens with zero attached hydrogens (tertiary/aromatic N) is 1. The minimum absolute atomic E-state index is 0.147. The van der Waals surface area contributed by atoms with Crippen molar-refractivity contribution in [3.8, 4) is 5.75 Å². The predicted octanol–water partition coefficient (Wildman–Crippen LogP) is 4.04. The molecule has 0 heterocycles. The van der Waals surface area contributed by atoms with Crippen molar-refractivity contribution in [2.75, 3.05) is 19.7 Å². The molecule has 1 N–H and O–H groups in total. The Morgan fingerprint density at radius 1 is 1.17 bits per heavy atom. The lowest BCUT2D eigenvalue weighted by atomic mass is 10.1. The molecule has 0 aliphatic heterocycles. The van der Waals surface area contributed by atoms with Gasteiger partial charge in [0, 0.05) is 11.0 Å². The van der Waals surface area contributed by atoms with E-state index in [0.717, 1.165) is 15.6 Å². The fourth-order valence-electron chi connectivity index (χ4n) is 2.90. The largest absolute Gasteiger partial charge is 0.494 e. The number of nitrogens with one attached hydrogen (secondary N) is 1. The second-order valence-corrected chi connectivity index (χ2v) is 9.49. The third-order valence-corrected chi connectivity index (χ3v) is 6.95. The molecule has 0 bridgehead atoms. The molecule has 0 fully saturated rings.